The summed E-state index contributed by atoms with van der Waals surface area (Å²) in [5.74, 6) is 0.122. The van der Waals surface area contributed by atoms with E-state index < -0.39 is 0 Å². The molecular weight excluding hydrogens is 308 g/mol. The van der Waals surface area contributed by atoms with E-state index in [9.17, 15) is 4.79 Å². The van der Waals surface area contributed by atoms with Crippen LogP contribution in [-0.4, -0.2) is 17.9 Å². The van der Waals surface area contributed by atoms with Gasteiger partial charge in [0.1, 0.15) is 0 Å². The average molecular weight is 329 g/mol. The molecule has 1 aliphatic carbocycles. The van der Waals surface area contributed by atoms with Crippen molar-refractivity contribution in [3.8, 4) is 0 Å². The molecule has 0 saturated heterocycles. The zero-order chi connectivity index (χ0) is 15.1. The van der Waals surface area contributed by atoms with E-state index >= 15 is 0 Å². The molecule has 0 radical (unpaired) electrons. The van der Waals surface area contributed by atoms with Crippen molar-refractivity contribution >= 4 is 18.3 Å². The Hall–Kier alpha value is -1.84. The number of benzene rings is 2. The lowest BCUT2D eigenvalue weighted by Gasteiger charge is -2.25. The van der Waals surface area contributed by atoms with Crippen LogP contribution < -0.4 is 5.32 Å². The third-order valence-electron chi connectivity index (χ3n) is 4.97. The molecule has 23 heavy (non-hydrogen) atoms. The molecule has 2 aromatic carbocycles. The highest BCUT2D eigenvalue weighted by molar-refractivity contribution is 5.94. The minimum Gasteiger partial charge on any atom is -0.335 e. The smallest absolute Gasteiger partial charge is 0.254 e. The van der Waals surface area contributed by atoms with Crippen LogP contribution >= 0.6 is 12.4 Å². The maximum atomic E-state index is 12.8. The van der Waals surface area contributed by atoms with Gasteiger partial charge >= 0.3 is 0 Å². The number of halogens is 1. The van der Waals surface area contributed by atoms with Gasteiger partial charge in [0.2, 0.25) is 0 Å². The van der Waals surface area contributed by atoms with Crippen LogP contribution in [0.15, 0.2) is 42.5 Å². The molecule has 1 amide bonds. The highest BCUT2D eigenvalue weighted by Gasteiger charge is 2.29. The van der Waals surface area contributed by atoms with E-state index in [2.05, 4.69) is 41.7 Å². The second-order valence-electron chi connectivity index (χ2n) is 6.26. The van der Waals surface area contributed by atoms with Crippen LogP contribution in [0.25, 0.3) is 0 Å². The molecule has 0 fully saturated rings. The van der Waals surface area contributed by atoms with Gasteiger partial charge in [-0.1, -0.05) is 30.3 Å². The van der Waals surface area contributed by atoms with Crippen LogP contribution in [0.1, 0.15) is 45.1 Å². The van der Waals surface area contributed by atoms with Crippen LogP contribution in [0.4, 0.5) is 0 Å². The quantitative estimate of drug-likeness (QED) is 0.915. The second-order valence-corrected chi connectivity index (χ2v) is 6.26. The van der Waals surface area contributed by atoms with E-state index in [0.29, 0.717) is 0 Å². The zero-order valence-corrected chi connectivity index (χ0v) is 14.0. The van der Waals surface area contributed by atoms with Crippen molar-refractivity contribution < 1.29 is 4.79 Å². The number of nitrogens with one attached hydrogen (secondary N) is 1. The fourth-order valence-electron chi connectivity index (χ4n) is 3.71. The third kappa shape index (κ3) is 2.75. The van der Waals surface area contributed by atoms with Crippen molar-refractivity contribution in [2.75, 3.05) is 7.05 Å². The number of carbonyl (C=O) groups excluding carboxylic acids is 1. The van der Waals surface area contributed by atoms with Gasteiger partial charge in [0.05, 0.1) is 6.04 Å². The molecule has 2 aromatic rings. The zero-order valence-electron chi connectivity index (χ0n) is 13.2. The maximum Gasteiger partial charge on any atom is 0.254 e. The van der Waals surface area contributed by atoms with Gasteiger partial charge in [-0.15, -0.1) is 12.4 Å². The Labute approximate surface area is 143 Å². The summed E-state index contributed by atoms with van der Waals surface area (Å²) in [6, 6.07) is 14.8. The van der Waals surface area contributed by atoms with E-state index in [1.807, 2.05) is 18.0 Å². The highest BCUT2D eigenvalue weighted by Crippen LogP contribution is 2.35. The van der Waals surface area contributed by atoms with E-state index in [1.165, 1.54) is 22.3 Å². The summed E-state index contributed by atoms with van der Waals surface area (Å²) in [6.07, 6.45) is 2.08. The van der Waals surface area contributed by atoms with E-state index in [0.717, 1.165) is 31.5 Å². The largest absolute Gasteiger partial charge is 0.335 e. The summed E-state index contributed by atoms with van der Waals surface area (Å²) in [5, 5.41) is 3.33. The molecule has 120 valence electrons. The summed E-state index contributed by atoms with van der Waals surface area (Å²) >= 11 is 0. The number of hydrogen-bond donors (Lipinski definition) is 1. The van der Waals surface area contributed by atoms with E-state index in [1.54, 1.807) is 0 Å². The first-order chi connectivity index (χ1) is 10.7. The monoisotopic (exact) mass is 328 g/mol. The molecule has 1 heterocycles. The van der Waals surface area contributed by atoms with Crippen molar-refractivity contribution in [1.29, 1.82) is 0 Å². The molecule has 0 bridgehead atoms. The van der Waals surface area contributed by atoms with Gasteiger partial charge < -0.3 is 10.2 Å². The molecule has 0 aromatic heterocycles. The minimum absolute atomic E-state index is 0. The van der Waals surface area contributed by atoms with Crippen LogP contribution in [0.2, 0.25) is 0 Å². The lowest BCUT2D eigenvalue weighted by molar-refractivity contribution is 0.0730. The number of aryl methyl sites for hydroxylation is 1. The number of hydrogen-bond acceptors (Lipinski definition) is 2. The van der Waals surface area contributed by atoms with Gasteiger partial charge in [0.15, 0.2) is 0 Å². The van der Waals surface area contributed by atoms with Gasteiger partial charge in [0, 0.05) is 25.7 Å². The molecule has 3 nitrogen and oxygen atoms in total. The molecule has 1 aliphatic heterocycles. The van der Waals surface area contributed by atoms with E-state index in [-0.39, 0.29) is 24.4 Å². The fourth-order valence-corrected chi connectivity index (χ4v) is 3.71. The Morgan fingerprint density at radius 2 is 1.87 bits per heavy atom. The van der Waals surface area contributed by atoms with Crippen LogP contribution in [-0.2, 0) is 19.5 Å². The van der Waals surface area contributed by atoms with Crippen molar-refractivity contribution in [3.05, 3.63) is 70.3 Å². The van der Waals surface area contributed by atoms with E-state index in [4.69, 9.17) is 0 Å². The summed E-state index contributed by atoms with van der Waals surface area (Å²) in [5.41, 5.74) is 6.05. The first kappa shape index (κ1) is 16.0. The van der Waals surface area contributed by atoms with Gasteiger partial charge in [-0.25, -0.2) is 0 Å². The summed E-state index contributed by atoms with van der Waals surface area (Å²) in [6.45, 7) is 1.78. The Morgan fingerprint density at radius 3 is 2.74 bits per heavy atom. The van der Waals surface area contributed by atoms with Crippen molar-refractivity contribution in [2.45, 2.75) is 32.0 Å². The predicted molar refractivity (Wildman–Crippen MR) is 93.8 cm³/mol. The van der Waals surface area contributed by atoms with Crippen molar-refractivity contribution in [3.63, 3.8) is 0 Å². The Morgan fingerprint density at radius 1 is 1.09 bits per heavy atom. The van der Waals surface area contributed by atoms with Crippen molar-refractivity contribution in [2.24, 2.45) is 0 Å². The second kappa shape index (κ2) is 6.34. The first-order valence-corrected chi connectivity index (χ1v) is 7.91. The standard InChI is InChI=1S/C19H20N2O.ClH/c1-21(18-9-8-13-4-2-3-5-17(13)18)19(22)14-6-7-15-11-20-12-16(15)10-14;/h2-7,10,18,20H,8-9,11-12H2,1H3;1H. The Bertz CT molecular complexity index is 744. The molecule has 1 N–H and O–H groups in total. The molecular formula is C19H21ClN2O. The number of amides is 1. The maximum absolute atomic E-state index is 12.8. The Balaban J connectivity index is 0.00000156. The number of carbonyl (C=O) groups is 1. The highest BCUT2D eigenvalue weighted by atomic mass is 35.5. The molecule has 0 saturated carbocycles. The molecule has 2 aliphatic rings. The van der Waals surface area contributed by atoms with Crippen LogP contribution in [0, 0.1) is 0 Å². The molecule has 1 atom stereocenters. The van der Waals surface area contributed by atoms with Crippen molar-refractivity contribution in [1.82, 2.24) is 10.2 Å². The van der Waals surface area contributed by atoms with Gasteiger partial charge in [-0.3, -0.25) is 4.79 Å². The topological polar surface area (TPSA) is 32.3 Å². The fraction of sp³-hybridized carbons (Fsp3) is 0.316. The number of nitrogens with zero attached hydrogens (tertiary/aromatic N) is 1. The summed E-state index contributed by atoms with van der Waals surface area (Å²) < 4.78 is 0. The summed E-state index contributed by atoms with van der Waals surface area (Å²) in [4.78, 5) is 14.8. The molecule has 1 unspecified atom stereocenters. The first-order valence-electron chi connectivity index (χ1n) is 7.91. The SMILES string of the molecule is CN(C(=O)c1ccc2c(c1)CNC2)C1CCc2ccccc21.Cl. The summed E-state index contributed by atoms with van der Waals surface area (Å²) in [7, 11) is 1.93. The molecule has 4 heteroatoms. The molecule has 4 rings (SSSR count). The van der Waals surface area contributed by atoms with Crippen LogP contribution in [0.5, 0.6) is 0 Å². The van der Waals surface area contributed by atoms with Gasteiger partial charge in [-0.05, 0) is 47.2 Å². The lowest BCUT2D eigenvalue weighted by Crippen LogP contribution is -2.30. The Kier molecular flexibility index (Phi) is 4.42. The van der Waals surface area contributed by atoms with Crippen LogP contribution in [0.3, 0.4) is 0 Å². The minimum atomic E-state index is 0. The van der Waals surface area contributed by atoms with Gasteiger partial charge in [-0.2, -0.15) is 0 Å². The lowest BCUT2D eigenvalue weighted by atomic mass is 10.0. The third-order valence-corrected chi connectivity index (χ3v) is 4.97. The molecule has 0 spiro atoms. The number of rotatable bonds is 2. The average Bonchev–Trinajstić information content (AvgIpc) is 3.19. The predicted octanol–water partition coefficient (Wildman–Crippen LogP) is 3.47. The normalized spacial score (nSPS) is 18.0. The van der Waals surface area contributed by atoms with Gasteiger partial charge in [0.25, 0.3) is 5.91 Å². The number of fused-ring (bicyclic) bond motifs is 2.